The number of carbonyl (C=O) groups is 1. The highest BCUT2D eigenvalue weighted by atomic mass is 35.5. The molecule has 2 rings (SSSR count). The van der Waals surface area contributed by atoms with Gasteiger partial charge in [-0.25, -0.2) is 9.18 Å². The zero-order valence-electron chi connectivity index (χ0n) is 12.4. The second-order valence-electron chi connectivity index (χ2n) is 5.06. The Hall–Kier alpha value is -2.07. The number of nitrogens with zero attached hydrogens (tertiary/aromatic N) is 1. The lowest BCUT2D eigenvalue weighted by atomic mass is 10.1. The van der Waals surface area contributed by atoms with Crippen LogP contribution < -0.4 is 5.32 Å². The number of urea groups is 1. The predicted molar refractivity (Wildman–Crippen MR) is 86.4 cm³/mol. The van der Waals surface area contributed by atoms with Crippen LogP contribution >= 0.6 is 11.6 Å². The molecule has 2 aromatic rings. The van der Waals surface area contributed by atoms with Crippen molar-refractivity contribution in [3.63, 3.8) is 0 Å². The standard InChI is InChI=1S/C17H18ClFN2O/c1-21(12-14-6-2-3-8-16(14)18)17(22)20-10-9-13-5-4-7-15(19)11-13/h2-8,11H,9-10,12H2,1H3,(H,20,22). The van der Waals surface area contributed by atoms with Crippen LogP contribution in [0.5, 0.6) is 0 Å². The molecule has 0 aliphatic carbocycles. The van der Waals surface area contributed by atoms with E-state index in [4.69, 9.17) is 11.6 Å². The van der Waals surface area contributed by atoms with Crippen LogP contribution in [0.4, 0.5) is 9.18 Å². The first-order valence-corrected chi connectivity index (χ1v) is 7.41. The molecule has 2 aromatic carbocycles. The number of rotatable bonds is 5. The molecule has 5 heteroatoms. The van der Waals surface area contributed by atoms with Gasteiger partial charge in [0.25, 0.3) is 0 Å². The highest BCUT2D eigenvalue weighted by Gasteiger charge is 2.10. The summed E-state index contributed by atoms with van der Waals surface area (Å²) in [6.07, 6.45) is 0.587. The lowest BCUT2D eigenvalue weighted by molar-refractivity contribution is 0.207. The second kappa shape index (κ2) is 7.80. The largest absolute Gasteiger partial charge is 0.338 e. The average Bonchev–Trinajstić information content (AvgIpc) is 2.49. The molecule has 0 spiro atoms. The molecule has 0 aliphatic heterocycles. The first-order chi connectivity index (χ1) is 10.6. The summed E-state index contributed by atoms with van der Waals surface area (Å²) in [7, 11) is 1.71. The van der Waals surface area contributed by atoms with Crippen molar-refractivity contribution < 1.29 is 9.18 Å². The van der Waals surface area contributed by atoms with Crippen LogP contribution in [-0.2, 0) is 13.0 Å². The van der Waals surface area contributed by atoms with Crippen molar-refractivity contribution in [1.29, 1.82) is 0 Å². The molecule has 0 unspecified atom stereocenters. The number of nitrogens with one attached hydrogen (secondary N) is 1. The van der Waals surface area contributed by atoms with Gasteiger partial charge in [0.2, 0.25) is 0 Å². The van der Waals surface area contributed by atoms with Gasteiger partial charge in [-0.2, -0.15) is 0 Å². The Kier molecular flexibility index (Phi) is 5.78. The SMILES string of the molecule is CN(Cc1ccccc1Cl)C(=O)NCCc1cccc(F)c1. The van der Waals surface area contributed by atoms with E-state index in [2.05, 4.69) is 5.32 Å². The molecule has 116 valence electrons. The van der Waals surface area contributed by atoms with Crippen LogP contribution in [0, 0.1) is 5.82 Å². The summed E-state index contributed by atoms with van der Waals surface area (Å²) in [5.41, 5.74) is 1.75. The van der Waals surface area contributed by atoms with Crippen LogP contribution in [0.2, 0.25) is 5.02 Å². The van der Waals surface area contributed by atoms with E-state index in [-0.39, 0.29) is 11.8 Å². The molecule has 3 nitrogen and oxygen atoms in total. The van der Waals surface area contributed by atoms with E-state index in [1.807, 2.05) is 24.3 Å². The van der Waals surface area contributed by atoms with E-state index >= 15 is 0 Å². The van der Waals surface area contributed by atoms with Crippen LogP contribution in [0.15, 0.2) is 48.5 Å². The van der Waals surface area contributed by atoms with Crippen LogP contribution in [0.3, 0.4) is 0 Å². The van der Waals surface area contributed by atoms with Gasteiger partial charge in [-0.15, -0.1) is 0 Å². The molecule has 0 saturated carbocycles. The maximum absolute atomic E-state index is 13.1. The molecule has 0 aromatic heterocycles. The van der Waals surface area contributed by atoms with E-state index in [0.29, 0.717) is 24.5 Å². The molecule has 0 radical (unpaired) electrons. The summed E-state index contributed by atoms with van der Waals surface area (Å²) < 4.78 is 13.1. The van der Waals surface area contributed by atoms with Crippen molar-refractivity contribution in [3.8, 4) is 0 Å². The molecule has 0 fully saturated rings. The molecular weight excluding hydrogens is 303 g/mol. The van der Waals surface area contributed by atoms with Gasteiger partial charge in [-0.1, -0.05) is 41.9 Å². The Morgan fingerprint density at radius 2 is 2.00 bits per heavy atom. The van der Waals surface area contributed by atoms with Gasteiger partial charge in [0.05, 0.1) is 0 Å². The van der Waals surface area contributed by atoms with E-state index in [1.165, 1.54) is 12.1 Å². The van der Waals surface area contributed by atoms with Gasteiger partial charge >= 0.3 is 6.03 Å². The fraction of sp³-hybridized carbons (Fsp3) is 0.235. The molecule has 1 N–H and O–H groups in total. The summed E-state index contributed by atoms with van der Waals surface area (Å²) in [5.74, 6) is -0.264. The third kappa shape index (κ3) is 4.74. The van der Waals surface area contributed by atoms with Gasteiger partial charge in [0, 0.05) is 25.2 Å². The summed E-state index contributed by atoms with van der Waals surface area (Å²) in [6.45, 7) is 0.890. The van der Waals surface area contributed by atoms with Gasteiger partial charge in [0.1, 0.15) is 5.82 Å². The van der Waals surface area contributed by atoms with Crippen molar-refractivity contribution in [3.05, 3.63) is 70.5 Å². The monoisotopic (exact) mass is 320 g/mol. The highest BCUT2D eigenvalue weighted by molar-refractivity contribution is 6.31. The van der Waals surface area contributed by atoms with Gasteiger partial charge in [-0.05, 0) is 35.7 Å². The van der Waals surface area contributed by atoms with Crippen LogP contribution in [-0.4, -0.2) is 24.5 Å². The zero-order valence-corrected chi connectivity index (χ0v) is 13.1. The first-order valence-electron chi connectivity index (χ1n) is 7.03. The maximum Gasteiger partial charge on any atom is 0.317 e. The minimum Gasteiger partial charge on any atom is -0.338 e. The van der Waals surface area contributed by atoms with E-state index in [0.717, 1.165) is 11.1 Å². The molecule has 0 atom stereocenters. The average molecular weight is 321 g/mol. The fourth-order valence-corrected chi connectivity index (χ4v) is 2.29. The molecule has 0 heterocycles. The summed E-state index contributed by atoms with van der Waals surface area (Å²) in [6, 6.07) is 13.6. The Labute approximate surface area is 134 Å². The summed E-state index contributed by atoms with van der Waals surface area (Å²) in [5, 5.41) is 3.45. The number of hydrogen-bond donors (Lipinski definition) is 1. The molecular formula is C17H18ClFN2O. The quantitative estimate of drug-likeness (QED) is 0.891. The molecule has 2 amide bonds. The number of benzene rings is 2. The van der Waals surface area contributed by atoms with Crippen molar-refractivity contribution in [2.45, 2.75) is 13.0 Å². The lowest BCUT2D eigenvalue weighted by Crippen LogP contribution is -2.37. The zero-order chi connectivity index (χ0) is 15.9. The highest BCUT2D eigenvalue weighted by Crippen LogP contribution is 2.16. The van der Waals surface area contributed by atoms with Gasteiger partial charge in [-0.3, -0.25) is 0 Å². The molecule has 0 aliphatic rings. The number of hydrogen-bond acceptors (Lipinski definition) is 1. The summed E-state index contributed by atoms with van der Waals surface area (Å²) >= 11 is 6.08. The normalized spacial score (nSPS) is 10.3. The first kappa shape index (κ1) is 16.3. The van der Waals surface area contributed by atoms with E-state index < -0.39 is 0 Å². The molecule has 0 saturated heterocycles. The smallest absolute Gasteiger partial charge is 0.317 e. The molecule has 22 heavy (non-hydrogen) atoms. The minimum atomic E-state index is -0.264. The van der Waals surface area contributed by atoms with Crippen molar-refractivity contribution in [2.75, 3.05) is 13.6 Å². The Bertz CT molecular complexity index is 648. The third-order valence-corrected chi connectivity index (χ3v) is 3.66. The third-order valence-electron chi connectivity index (χ3n) is 3.29. The number of amides is 2. The van der Waals surface area contributed by atoms with E-state index in [9.17, 15) is 9.18 Å². The van der Waals surface area contributed by atoms with Crippen LogP contribution in [0.1, 0.15) is 11.1 Å². The van der Waals surface area contributed by atoms with Crippen molar-refractivity contribution in [1.82, 2.24) is 10.2 Å². The Balaban J connectivity index is 1.80. The van der Waals surface area contributed by atoms with Gasteiger partial charge in [0.15, 0.2) is 0 Å². The van der Waals surface area contributed by atoms with Crippen LogP contribution in [0.25, 0.3) is 0 Å². The van der Waals surface area contributed by atoms with Gasteiger partial charge < -0.3 is 10.2 Å². The number of carbonyl (C=O) groups excluding carboxylic acids is 1. The maximum atomic E-state index is 13.1. The summed E-state index contributed by atoms with van der Waals surface area (Å²) in [4.78, 5) is 13.6. The Morgan fingerprint density at radius 3 is 2.73 bits per heavy atom. The Morgan fingerprint density at radius 1 is 1.23 bits per heavy atom. The topological polar surface area (TPSA) is 32.3 Å². The van der Waals surface area contributed by atoms with E-state index in [1.54, 1.807) is 24.1 Å². The minimum absolute atomic E-state index is 0.184. The van der Waals surface area contributed by atoms with Crippen molar-refractivity contribution >= 4 is 17.6 Å². The molecule has 0 bridgehead atoms. The lowest BCUT2D eigenvalue weighted by Gasteiger charge is -2.18. The predicted octanol–water partition coefficient (Wildman–Crippen LogP) is 3.86. The fourth-order valence-electron chi connectivity index (χ4n) is 2.10. The van der Waals surface area contributed by atoms with Crippen molar-refractivity contribution in [2.24, 2.45) is 0 Å². The second-order valence-corrected chi connectivity index (χ2v) is 5.47. The number of halogens is 2.